The molecule has 0 aliphatic rings. The van der Waals surface area contributed by atoms with Gasteiger partial charge < -0.3 is 10.1 Å². The van der Waals surface area contributed by atoms with E-state index in [4.69, 9.17) is 11.2 Å². The maximum absolute atomic E-state index is 5.86. The van der Waals surface area contributed by atoms with Crippen molar-refractivity contribution in [1.82, 2.24) is 9.97 Å². The maximum Gasteiger partial charge on any atom is 0.227 e. The van der Waals surface area contributed by atoms with E-state index >= 15 is 0 Å². The fraction of sp³-hybridized carbons (Fsp3) is 0.375. The molecule has 0 saturated carbocycles. The lowest BCUT2D eigenvalue weighted by Crippen LogP contribution is -2.26. The van der Waals surface area contributed by atoms with Gasteiger partial charge in [0.1, 0.15) is 0 Å². The summed E-state index contributed by atoms with van der Waals surface area (Å²) in [6.45, 7) is 6.58. The van der Waals surface area contributed by atoms with Crippen LogP contribution in [0.2, 0.25) is 0 Å². The first-order valence-corrected chi connectivity index (χ1v) is 6.73. The van der Waals surface area contributed by atoms with Gasteiger partial charge in [-0.25, -0.2) is 4.98 Å². The van der Waals surface area contributed by atoms with E-state index in [1.165, 1.54) is 0 Å². The van der Waals surface area contributed by atoms with Gasteiger partial charge in [-0.1, -0.05) is 25.0 Å². The Bertz CT molecular complexity index is 644. The van der Waals surface area contributed by atoms with Crippen LogP contribution < -0.4 is 10.1 Å². The van der Waals surface area contributed by atoms with Gasteiger partial charge in [-0.3, -0.25) is 0 Å². The van der Waals surface area contributed by atoms with Crippen molar-refractivity contribution < 1.29 is 4.74 Å². The monoisotopic (exact) mass is 269 g/mol. The van der Waals surface area contributed by atoms with Crippen LogP contribution in [0.25, 0.3) is 10.9 Å². The molecule has 0 bridgehead atoms. The van der Waals surface area contributed by atoms with E-state index in [9.17, 15) is 0 Å². The zero-order chi connectivity index (χ0) is 14.6. The van der Waals surface area contributed by atoms with Crippen LogP contribution in [0.3, 0.4) is 0 Å². The van der Waals surface area contributed by atoms with Crippen molar-refractivity contribution in [3.63, 3.8) is 0 Å². The number of anilines is 1. The van der Waals surface area contributed by atoms with Crippen LogP contribution in [0.4, 0.5) is 5.95 Å². The molecule has 1 aromatic heterocycles. The molecule has 4 nitrogen and oxygen atoms in total. The molecule has 104 valence electrons. The Hall–Kier alpha value is -2.28. The minimum atomic E-state index is -0.709. The summed E-state index contributed by atoms with van der Waals surface area (Å²) in [5.41, 5.74) is 0.128. The lowest BCUT2D eigenvalue weighted by molar-refractivity contribution is 0.167. The van der Waals surface area contributed by atoms with Crippen molar-refractivity contribution >= 4 is 16.9 Å². The number of rotatable bonds is 5. The van der Waals surface area contributed by atoms with Crippen LogP contribution >= 0.6 is 0 Å². The minimum Gasteiger partial charge on any atom is -0.458 e. The number of terminal acetylenes is 1. The Morgan fingerprint density at radius 2 is 2.05 bits per heavy atom. The molecule has 0 amide bonds. The second-order valence-corrected chi connectivity index (χ2v) is 5.05. The Morgan fingerprint density at radius 1 is 1.30 bits per heavy atom. The van der Waals surface area contributed by atoms with Gasteiger partial charge in [-0.2, -0.15) is 4.98 Å². The van der Waals surface area contributed by atoms with Gasteiger partial charge in [-0.15, -0.1) is 6.42 Å². The Morgan fingerprint density at radius 3 is 2.75 bits per heavy atom. The van der Waals surface area contributed by atoms with Gasteiger partial charge in [0, 0.05) is 6.54 Å². The molecule has 0 fully saturated rings. The van der Waals surface area contributed by atoms with Gasteiger partial charge in [0.15, 0.2) is 5.60 Å². The van der Waals surface area contributed by atoms with Gasteiger partial charge in [-0.05, 0) is 32.4 Å². The molecule has 0 aliphatic heterocycles. The van der Waals surface area contributed by atoms with Crippen molar-refractivity contribution in [3.8, 4) is 18.2 Å². The zero-order valence-electron chi connectivity index (χ0n) is 12.1. The first kappa shape index (κ1) is 14.1. The summed E-state index contributed by atoms with van der Waals surface area (Å²) in [5, 5.41) is 4.04. The number of benzene rings is 1. The first-order chi connectivity index (χ1) is 9.55. The summed E-state index contributed by atoms with van der Waals surface area (Å²) in [6, 6.07) is 7.74. The van der Waals surface area contributed by atoms with Crippen LogP contribution in [0, 0.1) is 12.3 Å². The molecule has 0 unspecified atom stereocenters. The van der Waals surface area contributed by atoms with Crippen LogP contribution in [0.5, 0.6) is 5.88 Å². The molecule has 2 aromatic rings. The van der Waals surface area contributed by atoms with Crippen LogP contribution in [-0.2, 0) is 0 Å². The normalized spacial score (nSPS) is 11.1. The Kier molecular flexibility index (Phi) is 4.09. The number of aromatic nitrogens is 2. The third-order valence-electron chi connectivity index (χ3n) is 2.80. The highest BCUT2D eigenvalue weighted by molar-refractivity contribution is 5.84. The Labute approximate surface area is 119 Å². The predicted octanol–water partition coefficient (Wildman–Crippen LogP) is 3.24. The van der Waals surface area contributed by atoms with Crippen molar-refractivity contribution in [1.29, 1.82) is 0 Å². The third-order valence-corrected chi connectivity index (χ3v) is 2.80. The SMILES string of the molecule is C#CC(C)(C)Oc1nc(NCCC)nc2ccccc12. The van der Waals surface area contributed by atoms with Gasteiger partial charge >= 0.3 is 0 Å². The Balaban J connectivity index is 2.47. The third kappa shape index (κ3) is 3.18. The van der Waals surface area contributed by atoms with E-state index in [0.29, 0.717) is 11.8 Å². The van der Waals surface area contributed by atoms with Crippen LogP contribution in [0.1, 0.15) is 27.2 Å². The second-order valence-electron chi connectivity index (χ2n) is 5.05. The van der Waals surface area contributed by atoms with E-state index in [1.807, 2.05) is 38.1 Å². The molecular formula is C16H19N3O. The topological polar surface area (TPSA) is 47.0 Å². The molecule has 0 saturated heterocycles. The van der Waals surface area contributed by atoms with Crippen molar-refractivity contribution in [2.75, 3.05) is 11.9 Å². The van der Waals surface area contributed by atoms with Crippen molar-refractivity contribution in [3.05, 3.63) is 24.3 Å². The number of fused-ring (bicyclic) bond motifs is 1. The average molecular weight is 269 g/mol. The molecule has 1 heterocycles. The summed E-state index contributed by atoms with van der Waals surface area (Å²) < 4.78 is 5.86. The van der Waals surface area contributed by atoms with Crippen molar-refractivity contribution in [2.24, 2.45) is 0 Å². The number of nitrogens with zero attached hydrogens (tertiary/aromatic N) is 2. The highest BCUT2D eigenvalue weighted by Gasteiger charge is 2.19. The maximum atomic E-state index is 5.86. The van der Waals surface area contributed by atoms with E-state index in [-0.39, 0.29) is 0 Å². The largest absolute Gasteiger partial charge is 0.458 e. The number of ether oxygens (including phenoxy) is 1. The molecule has 20 heavy (non-hydrogen) atoms. The summed E-state index contributed by atoms with van der Waals surface area (Å²) in [6.07, 6.45) is 6.48. The van der Waals surface area contributed by atoms with E-state index in [1.54, 1.807) is 0 Å². The molecular weight excluding hydrogens is 250 g/mol. The first-order valence-electron chi connectivity index (χ1n) is 6.73. The molecule has 4 heteroatoms. The van der Waals surface area contributed by atoms with E-state index < -0.39 is 5.60 Å². The standard InChI is InChI=1S/C16H19N3O/c1-5-11-17-15-18-13-10-8-7-9-12(13)14(19-15)20-16(3,4)6-2/h2,7-10H,5,11H2,1,3-4H3,(H,17,18,19). The molecule has 0 radical (unpaired) electrons. The lowest BCUT2D eigenvalue weighted by Gasteiger charge is -2.20. The predicted molar refractivity (Wildman–Crippen MR) is 81.9 cm³/mol. The second kappa shape index (κ2) is 5.79. The van der Waals surface area contributed by atoms with E-state index in [2.05, 4.69) is 28.1 Å². The molecule has 0 spiro atoms. The molecule has 1 N–H and O–H groups in total. The fourth-order valence-corrected chi connectivity index (χ4v) is 1.71. The zero-order valence-corrected chi connectivity index (χ0v) is 12.1. The quantitative estimate of drug-likeness (QED) is 0.846. The highest BCUT2D eigenvalue weighted by Crippen LogP contribution is 2.26. The number of para-hydroxylation sites is 1. The smallest absolute Gasteiger partial charge is 0.227 e. The van der Waals surface area contributed by atoms with Crippen molar-refractivity contribution in [2.45, 2.75) is 32.8 Å². The molecule has 2 rings (SSSR count). The minimum absolute atomic E-state index is 0.511. The van der Waals surface area contributed by atoms with E-state index in [0.717, 1.165) is 23.9 Å². The molecule has 0 atom stereocenters. The number of hydrogen-bond donors (Lipinski definition) is 1. The fourth-order valence-electron chi connectivity index (χ4n) is 1.71. The van der Waals surface area contributed by atoms with Gasteiger partial charge in [0.2, 0.25) is 11.8 Å². The van der Waals surface area contributed by atoms with Crippen LogP contribution in [0.15, 0.2) is 24.3 Å². The van der Waals surface area contributed by atoms with Crippen LogP contribution in [-0.4, -0.2) is 22.1 Å². The summed E-state index contributed by atoms with van der Waals surface area (Å²) >= 11 is 0. The van der Waals surface area contributed by atoms with Gasteiger partial charge in [0.05, 0.1) is 10.9 Å². The number of nitrogens with one attached hydrogen (secondary N) is 1. The molecule has 1 aromatic carbocycles. The number of hydrogen-bond acceptors (Lipinski definition) is 4. The average Bonchev–Trinajstić information content (AvgIpc) is 2.45. The lowest BCUT2D eigenvalue weighted by atomic mass is 10.1. The summed E-state index contributed by atoms with van der Waals surface area (Å²) in [5.74, 6) is 3.69. The summed E-state index contributed by atoms with van der Waals surface area (Å²) in [4.78, 5) is 8.91. The van der Waals surface area contributed by atoms with Gasteiger partial charge in [0.25, 0.3) is 0 Å². The highest BCUT2D eigenvalue weighted by atomic mass is 16.5. The molecule has 0 aliphatic carbocycles. The summed E-state index contributed by atoms with van der Waals surface area (Å²) in [7, 11) is 0.